The van der Waals surface area contributed by atoms with Crippen molar-refractivity contribution < 1.29 is 4.79 Å². The standard InChI is InChI=1S/C18H20N6O/c1-14-12-24-13-15(2-3-17(24)20-14)21-18(25)23-10-8-22(9-11-23)16-4-6-19-7-5-16/h2-7,12-13H,8-11H2,1H3,(H,21,25). The Kier molecular flexibility index (Phi) is 3.97. The average Bonchev–Trinajstić information content (AvgIpc) is 3.02. The molecule has 1 saturated heterocycles. The van der Waals surface area contributed by atoms with Crippen LogP contribution in [0.25, 0.3) is 5.65 Å². The van der Waals surface area contributed by atoms with Crippen molar-refractivity contribution in [2.45, 2.75) is 6.92 Å². The zero-order valence-corrected chi connectivity index (χ0v) is 14.1. The van der Waals surface area contributed by atoms with E-state index in [0.29, 0.717) is 13.1 Å². The summed E-state index contributed by atoms with van der Waals surface area (Å²) in [6.45, 7) is 4.98. The molecule has 1 aliphatic heterocycles. The summed E-state index contributed by atoms with van der Waals surface area (Å²) in [5.74, 6) is 0. The number of anilines is 2. The highest BCUT2D eigenvalue weighted by Crippen LogP contribution is 2.16. The monoisotopic (exact) mass is 336 g/mol. The smallest absolute Gasteiger partial charge is 0.322 e. The van der Waals surface area contributed by atoms with Gasteiger partial charge in [-0.15, -0.1) is 0 Å². The van der Waals surface area contributed by atoms with Gasteiger partial charge in [-0.1, -0.05) is 0 Å². The lowest BCUT2D eigenvalue weighted by molar-refractivity contribution is 0.208. The Balaban J connectivity index is 1.38. The lowest BCUT2D eigenvalue weighted by Gasteiger charge is -2.36. The molecule has 0 unspecified atom stereocenters. The van der Waals surface area contributed by atoms with Crippen LogP contribution in [0.1, 0.15) is 5.69 Å². The number of aromatic nitrogens is 3. The summed E-state index contributed by atoms with van der Waals surface area (Å²) in [6, 6.07) is 7.72. The largest absolute Gasteiger partial charge is 0.368 e. The van der Waals surface area contributed by atoms with Crippen LogP contribution in [0.5, 0.6) is 0 Å². The zero-order chi connectivity index (χ0) is 17.2. The Morgan fingerprint density at radius 3 is 2.56 bits per heavy atom. The number of carbonyl (C=O) groups is 1. The number of pyridine rings is 2. The molecule has 0 spiro atoms. The lowest BCUT2D eigenvalue weighted by atomic mass is 10.3. The van der Waals surface area contributed by atoms with Crippen molar-refractivity contribution in [3.05, 3.63) is 54.7 Å². The number of fused-ring (bicyclic) bond motifs is 1. The minimum Gasteiger partial charge on any atom is -0.368 e. The fourth-order valence-corrected chi connectivity index (χ4v) is 3.12. The van der Waals surface area contributed by atoms with Gasteiger partial charge in [0.1, 0.15) is 5.65 Å². The molecule has 7 heteroatoms. The van der Waals surface area contributed by atoms with Gasteiger partial charge in [0.25, 0.3) is 0 Å². The molecule has 1 fully saturated rings. The van der Waals surface area contributed by atoms with Gasteiger partial charge in [-0.25, -0.2) is 9.78 Å². The fraction of sp³-hybridized carbons (Fsp3) is 0.278. The first kappa shape index (κ1) is 15.4. The quantitative estimate of drug-likeness (QED) is 0.780. The number of rotatable bonds is 2. The number of nitrogens with one attached hydrogen (secondary N) is 1. The Labute approximate surface area is 145 Å². The molecule has 25 heavy (non-hydrogen) atoms. The van der Waals surface area contributed by atoms with Crippen LogP contribution in [0, 0.1) is 6.92 Å². The third kappa shape index (κ3) is 3.26. The van der Waals surface area contributed by atoms with Crippen molar-refractivity contribution in [2.24, 2.45) is 0 Å². The maximum atomic E-state index is 12.5. The average molecular weight is 336 g/mol. The highest BCUT2D eigenvalue weighted by molar-refractivity contribution is 5.89. The minimum absolute atomic E-state index is 0.0643. The van der Waals surface area contributed by atoms with Crippen molar-refractivity contribution in [1.29, 1.82) is 0 Å². The molecule has 3 aromatic rings. The molecule has 1 N–H and O–H groups in total. The highest BCUT2D eigenvalue weighted by Gasteiger charge is 2.21. The third-order valence-corrected chi connectivity index (χ3v) is 4.42. The van der Waals surface area contributed by atoms with Crippen LogP contribution in [0.15, 0.2) is 49.1 Å². The molecule has 0 atom stereocenters. The molecular formula is C18H20N6O. The molecule has 7 nitrogen and oxygen atoms in total. The summed E-state index contributed by atoms with van der Waals surface area (Å²) in [7, 11) is 0. The molecule has 0 bridgehead atoms. The van der Waals surface area contributed by atoms with Gasteiger partial charge in [-0.05, 0) is 31.2 Å². The molecule has 4 heterocycles. The maximum Gasteiger partial charge on any atom is 0.322 e. The van der Waals surface area contributed by atoms with E-state index in [-0.39, 0.29) is 6.03 Å². The predicted molar refractivity (Wildman–Crippen MR) is 97.0 cm³/mol. The SMILES string of the molecule is Cc1cn2cc(NC(=O)N3CCN(c4ccncc4)CC3)ccc2n1. The number of aryl methyl sites for hydroxylation is 1. The summed E-state index contributed by atoms with van der Waals surface area (Å²) < 4.78 is 1.92. The molecule has 3 aromatic heterocycles. The normalized spacial score (nSPS) is 14.8. The summed E-state index contributed by atoms with van der Waals surface area (Å²) in [5, 5.41) is 2.98. The van der Waals surface area contributed by atoms with E-state index < -0.39 is 0 Å². The second-order valence-electron chi connectivity index (χ2n) is 6.18. The van der Waals surface area contributed by atoms with E-state index in [1.54, 1.807) is 12.4 Å². The van der Waals surface area contributed by atoms with Gasteiger partial charge in [0.15, 0.2) is 0 Å². The number of hydrogen-bond donors (Lipinski definition) is 1. The second-order valence-corrected chi connectivity index (χ2v) is 6.18. The highest BCUT2D eigenvalue weighted by atomic mass is 16.2. The van der Waals surface area contributed by atoms with E-state index in [1.165, 1.54) is 0 Å². The molecule has 4 rings (SSSR count). The third-order valence-electron chi connectivity index (χ3n) is 4.42. The Hall–Kier alpha value is -3.09. The molecular weight excluding hydrogens is 316 g/mol. The number of imidazole rings is 1. The van der Waals surface area contributed by atoms with Crippen LogP contribution in [0.3, 0.4) is 0 Å². The zero-order valence-electron chi connectivity index (χ0n) is 14.1. The Morgan fingerprint density at radius 1 is 1.04 bits per heavy atom. The van der Waals surface area contributed by atoms with Gasteiger partial charge < -0.3 is 19.5 Å². The van der Waals surface area contributed by atoms with E-state index in [2.05, 4.69) is 20.2 Å². The van der Waals surface area contributed by atoms with Gasteiger partial charge in [0, 0.05) is 56.7 Å². The van der Waals surface area contributed by atoms with Crippen molar-refractivity contribution in [3.8, 4) is 0 Å². The lowest BCUT2D eigenvalue weighted by Crippen LogP contribution is -2.50. The number of hydrogen-bond acceptors (Lipinski definition) is 4. The van der Waals surface area contributed by atoms with Gasteiger partial charge in [-0.2, -0.15) is 0 Å². The van der Waals surface area contributed by atoms with Crippen LogP contribution >= 0.6 is 0 Å². The van der Waals surface area contributed by atoms with Crippen molar-refractivity contribution >= 4 is 23.1 Å². The Morgan fingerprint density at radius 2 is 1.80 bits per heavy atom. The van der Waals surface area contributed by atoms with E-state index in [9.17, 15) is 4.79 Å². The van der Waals surface area contributed by atoms with Crippen LogP contribution in [-0.2, 0) is 0 Å². The number of nitrogens with zero attached hydrogens (tertiary/aromatic N) is 5. The van der Waals surface area contributed by atoms with Crippen LogP contribution < -0.4 is 10.2 Å². The van der Waals surface area contributed by atoms with Crippen LogP contribution in [0.4, 0.5) is 16.2 Å². The van der Waals surface area contributed by atoms with Gasteiger partial charge in [0.05, 0.1) is 11.4 Å². The summed E-state index contributed by atoms with van der Waals surface area (Å²) in [6.07, 6.45) is 7.42. The van der Waals surface area contributed by atoms with Gasteiger partial charge >= 0.3 is 6.03 Å². The fourth-order valence-electron chi connectivity index (χ4n) is 3.12. The predicted octanol–water partition coefficient (Wildman–Crippen LogP) is 2.39. The van der Waals surface area contributed by atoms with Crippen LogP contribution in [0.2, 0.25) is 0 Å². The number of carbonyl (C=O) groups excluding carboxylic acids is 1. The van der Waals surface area contributed by atoms with E-state index in [1.807, 2.05) is 52.9 Å². The topological polar surface area (TPSA) is 65.8 Å². The first-order valence-electron chi connectivity index (χ1n) is 8.35. The van der Waals surface area contributed by atoms with E-state index in [4.69, 9.17) is 0 Å². The minimum atomic E-state index is -0.0643. The summed E-state index contributed by atoms with van der Waals surface area (Å²) in [4.78, 5) is 25.1. The number of piperazine rings is 1. The van der Waals surface area contributed by atoms with E-state index in [0.717, 1.165) is 35.8 Å². The molecule has 2 amide bonds. The van der Waals surface area contributed by atoms with Crippen LogP contribution in [-0.4, -0.2) is 51.5 Å². The maximum absolute atomic E-state index is 12.5. The Bertz CT molecular complexity index is 883. The van der Waals surface area contributed by atoms with Crippen molar-refractivity contribution in [3.63, 3.8) is 0 Å². The summed E-state index contributed by atoms with van der Waals surface area (Å²) >= 11 is 0. The molecule has 0 radical (unpaired) electrons. The molecule has 128 valence electrons. The van der Waals surface area contributed by atoms with Gasteiger partial charge in [-0.3, -0.25) is 4.98 Å². The summed E-state index contributed by atoms with van der Waals surface area (Å²) in [5.41, 5.74) is 3.75. The molecule has 0 saturated carbocycles. The molecule has 0 aromatic carbocycles. The second kappa shape index (κ2) is 6.43. The van der Waals surface area contributed by atoms with Crippen molar-refractivity contribution in [2.75, 3.05) is 36.4 Å². The first-order valence-corrected chi connectivity index (χ1v) is 8.35. The number of amides is 2. The molecule has 1 aliphatic rings. The van der Waals surface area contributed by atoms with Gasteiger partial charge in [0.2, 0.25) is 0 Å². The number of urea groups is 1. The molecule has 0 aliphatic carbocycles. The first-order chi connectivity index (χ1) is 12.2. The van der Waals surface area contributed by atoms with E-state index >= 15 is 0 Å². The van der Waals surface area contributed by atoms with Crippen molar-refractivity contribution in [1.82, 2.24) is 19.3 Å².